The molecule has 0 aromatic carbocycles. The molecular formula is C17H21N5. The number of nitrogens with one attached hydrogen (secondary N) is 1. The summed E-state index contributed by atoms with van der Waals surface area (Å²) < 4.78 is 2.13. The molecule has 0 saturated carbocycles. The molecule has 3 rings (SSSR count). The average Bonchev–Trinajstić information content (AvgIpc) is 2.83. The van der Waals surface area contributed by atoms with Crippen molar-refractivity contribution < 1.29 is 0 Å². The van der Waals surface area contributed by atoms with Gasteiger partial charge in [0.05, 0.1) is 5.69 Å². The van der Waals surface area contributed by atoms with E-state index in [2.05, 4.69) is 51.3 Å². The lowest BCUT2D eigenvalue weighted by Crippen LogP contribution is -2.06. The van der Waals surface area contributed by atoms with E-state index in [-0.39, 0.29) is 0 Å². The van der Waals surface area contributed by atoms with Gasteiger partial charge in [0.2, 0.25) is 0 Å². The molecule has 5 heteroatoms. The third-order valence-electron chi connectivity index (χ3n) is 4.06. The van der Waals surface area contributed by atoms with Crippen molar-refractivity contribution in [1.29, 1.82) is 0 Å². The molecule has 0 spiro atoms. The van der Waals surface area contributed by atoms with Crippen LogP contribution in [0.5, 0.6) is 0 Å². The number of aromatic nitrogens is 4. The molecule has 0 radical (unpaired) electrons. The highest BCUT2D eigenvalue weighted by atomic mass is 15.2. The van der Waals surface area contributed by atoms with Crippen molar-refractivity contribution in [1.82, 2.24) is 19.7 Å². The molecule has 0 atom stereocenters. The number of fused-ring (bicyclic) bond motifs is 1. The Morgan fingerprint density at radius 1 is 1.23 bits per heavy atom. The summed E-state index contributed by atoms with van der Waals surface area (Å²) in [6.45, 7) is 4.99. The number of nitrogens with zero attached hydrogens (tertiary/aromatic N) is 4. The predicted octanol–water partition coefficient (Wildman–Crippen LogP) is 3.02. The van der Waals surface area contributed by atoms with Crippen LogP contribution in [0.1, 0.15) is 23.4 Å². The Hall–Kier alpha value is -2.43. The van der Waals surface area contributed by atoms with Crippen LogP contribution in [-0.2, 0) is 13.5 Å². The van der Waals surface area contributed by atoms with Crippen LogP contribution in [0.15, 0.2) is 30.7 Å². The van der Waals surface area contributed by atoms with Crippen LogP contribution in [0.25, 0.3) is 10.8 Å². The van der Waals surface area contributed by atoms with Crippen LogP contribution in [0, 0.1) is 13.8 Å². The quantitative estimate of drug-likeness (QED) is 0.735. The molecular weight excluding hydrogens is 274 g/mol. The normalized spacial score (nSPS) is 11.0. The Labute approximate surface area is 130 Å². The van der Waals surface area contributed by atoms with Crippen molar-refractivity contribution in [2.45, 2.75) is 26.7 Å². The van der Waals surface area contributed by atoms with E-state index < -0.39 is 0 Å². The zero-order valence-electron chi connectivity index (χ0n) is 13.3. The zero-order valence-corrected chi connectivity index (χ0v) is 13.3. The molecule has 22 heavy (non-hydrogen) atoms. The van der Waals surface area contributed by atoms with Gasteiger partial charge in [-0.15, -0.1) is 5.10 Å². The minimum atomic E-state index is 0.871. The van der Waals surface area contributed by atoms with Gasteiger partial charge in [-0.1, -0.05) is 6.07 Å². The lowest BCUT2D eigenvalue weighted by atomic mass is 10.1. The van der Waals surface area contributed by atoms with E-state index in [9.17, 15) is 0 Å². The first-order chi connectivity index (χ1) is 10.7. The van der Waals surface area contributed by atoms with Crippen molar-refractivity contribution in [3.05, 3.63) is 47.7 Å². The number of pyridine rings is 1. The van der Waals surface area contributed by atoms with E-state index in [4.69, 9.17) is 0 Å². The number of hydrogen-bond donors (Lipinski definition) is 1. The lowest BCUT2D eigenvalue weighted by Gasteiger charge is -2.07. The molecule has 114 valence electrons. The highest BCUT2D eigenvalue weighted by Crippen LogP contribution is 2.26. The largest absolute Gasteiger partial charge is 0.368 e. The van der Waals surface area contributed by atoms with E-state index in [1.807, 2.05) is 19.2 Å². The van der Waals surface area contributed by atoms with Crippen LogP contribution in [0.4, 0.5) is 5.82 Å². The first-order valence-electron chi connectivity index (χ1n) is 7.58. The van der Waals surface area contributed by atoms with Gasteiger partial charge < -0.3 is 9.88 Å². The molecule has 3 aromatic rings. The maximum atomic E-state index is 4.32. The number of anilines is 1. The van der Waals surface area contributed by atoms with Gasteiger partial charge in [-0.3, -0.25) is 4.98 Å². The number of rotatable bonds is 5. The third-order valence-corrected chi connectivity index (χ3v) is 4.06. The maximum Gasteiger partial charge on any atom is 0.158 e. The Bertz CT molecular complexity index is 777. The summed E-state index contributed by atoms with van der Waals surface area (Å²) in [5.74, 6) is 0.871. The van der Waals surface area contributed by atoms with Gasteiger partial charge in [-0.05, 0) is 38.3 Å². The molecule has 0 fully saturated rings. The molecule has 3 aromatic heterocycles. The van der Waals surface area contributed by atoms with Crippen LogP contribution in [0.2, 0.25) is 0 Å². The van der Waals surface area contributed by atoms with E-state index in [0.29, 0.717) is 0 Å². The van der Waals surface area contributed by atoms with Gasteiger partial charge >= 0.3 is 0 Å². The summed E-state index contributed by atoms with van der Waals surface area (Å²) in [5.41, 5.74) is 3.47. The minimum Gasteiger partial charge on any atom is -0.368 e. The molecule has 0 bridgehead atoms. The minimum absolute atomic E-state index is 0.871. The van der Waals surface area contributed by atoms with Crippen molar-refractivity contribution in [2.75, 3.05) is 11.9 Å². The average molecular weight is 295 g/mol. The molecule has 0 amide bonds. The second-order valence-corrected chi connectivity index (χ2v) is 5.64. The number of aryl methyl sites for hydroxylation is 4. The molecule has 5 nitrogen and oxygen atoms in total. The first kappa shape index (κ1) is 14.5. The number of hydrogen-bond acceptors (Lipinski definition) is 4. The smallest absolute Gasteiger partial charge is 0.158 e. The fourth-order valence-electron chi connectivity index (χ4n) is 2.77. The summed E-state index contributed by atoms with van der Waals surface area (Å²) in [6.07, 6.45) is 7.89. The van der Waals surface area contributed by atoms with Crippen LogP contribution in [0.3, 0.4) is 0 Å². The predicted molar refractivity (Wildman–Crippen MR) is 89.0 cm³/mol. The van der Waals surface area contributed by atoms with Gasteiger partial charge in [0.25, 0.3) is 0 Å². The Morgan fingerprint density at radius 3 is 2.86 bits per heavy atom. The summed E-state index contributed by atoms with van der Waals surface area (Å²) >= 11 is 0. The molecule has 0 aliphatic rings. The fraction of sp³-hybridized carbons (Fsp3) is 0.353. The van der Waals surface area contributed by atoms with Gasteiger partial charge in [0.1, 0.15) is 0 Å². The molecule has 1 N–H and O–H groups in total. The van der Waals surface area contributed by atoms with Gasteiger partial charge in [0.15, 0.2) is 5.82 Å². The molecule has 0 aliphatic heterocycles. The van der Waals surface area contributed by atoms with Crippen LogP contribution in [-0.4, -0.2) is 26.3 Å². The van der Waals surface area contributed by atoms with E-state index >= 15 is 0 Å². The second kappa shape index (κ2) is 6.13. The van der Waals surface area contributed by atoms with Gasteiger partial charge in [-0.25, -0.2) is 0 Å². The van der Waals surface area contributed by atoms with Crippen LogP contribution >= 0.6 is 0 Å². The zero-order chi connectivity index (χ0) is 15.5. The summed E-state index contributed by atoms with van der Waals surface area (Å²) in [5, 5.41) is 14.4. The molecule has 0 unspecified atom stereocenters. The van der Waals surface area contributed by atoms with Gasteiger partial charge in [0, 0.05) is 48.6 Å². The topological polar surface area (TPSA) is 55.6 Å². The molecule has 0 saturated heterocycles. The Balaban J connectivity index is 1.69. The standard InChI is InChI=1S/C17H21N5/c1-12-16-13(2)22(3)11-15(16)17(21-20-12)19-9-5-7-14-6-4-8-18-10-14/h4,6,8,10-11H,5,7,9H2,1-3H3,(H,19,21). The highest BCUT2D eigenvalue weighted by Gasteiger charge is 2.12. The van der Waals surface area contributed by atoms with E-state index in [1.165, 1.54) is 16.6 Å². The Morgan fingerprint density at radius 2 is 2.09 bits per heavy atom. The van der Waals surface area contributed by atoms with Crippen LogP contribution < -0.4 is 5.32 Å². The lowest BCUT2D eigenvalue weighted by molar-refractivity contribution is 0.849. The Kier molecular flexibility index (Phi) is 4.04. The van der Waals surface area contributed by atoms with Crippen molar-refractivity contribution in [3.63, 3.8) is 0 Å². The third kappa shape index (κ3) is 2.79. The van der Waals surface area contributed by atoms with Crippen molar-refractivity contribution in [3.8, 4) is 0 Å². The maximum absolute atomic E-state index is 4.32. The fourth-order valence-corrected chi connectivity index (χ4v) is 2.77. The summed E-state index contributed by atoms with van der Waals surface area (Å²) in [4.78, 5) is 4.14. The van der Waals surface area contributed by atoms with E-state index in [1.54, 1.807) is 6.20 Å². The second-order valence-electron chi connectivity index (χ2n) is 5.64. The summed E-state index contributed by atoms with van der Waals surface area (Å²) in [7, 11) is 2.06. The van der Waals surface area contributed by atoms with E-state index in [0.717, 1.165) is 36.3 Å². The molecule has 3 heterocycles. The van der Waals surface area contributed by atoms with Gasteiger partial charge in [-0.2, -0.15) is 5.10 Å². The SMILES string of the molecule is Cc1nnc(NCCCc2cccnc2)c2cn(C)c(C)c12. The van der Waals surface area contributed by atoms with Crippen molar-refractivity contribution >= 4 is 16.6 Å². The first-order valence-corrected chi connectivity index (χ1v) is 7.58. The molecule has 0 aliphatic carbocycles. The van der Waals surface area contributed by atoms with Crippen molar-refractivity contribution in [2.24, 2.45) is 7.05 Å². The summed E-state index contributed by atoms with van der Waals surface area (Å²) in [6, 6.07) is 4.09. The highest BCUT2D eigenvalue weighted by molar-refractivity contribution is 5.95. The monoisotopic (exact) mass is 295 g/mol.